The van der Waals surface area contributed by atoms with E-state index in [4.69, 9.17) is 9.47 Å². The highest BCUT2D eigenvalue weighted by atomic mass is 31.2. The van der Waals surface area contributed by atoms with Gasteiger partial charge in [0.15, 0.2) is 0 Å². The molecule has 196 valence electrons. The smallest absolute Gasteiger partial charge is 0.329 e. The average Bonchev–Trinajstić information content (AvgIpc) is 2.77. The van der Waals surface area contributed by atoms with Crippen LogP contribution in [0.2, 0.25) is 0 Å². The van der Waals surface area contributed by atoms with E-state index in [9.17, 15) is 14.4 Å². The van der Waals surface area contributed by atoms with Crippen molar-refractivity contribution in [1.29, 1.82) is 0 Å². The normalized spacial score (nSPS) is 18.9. The molecule has 0 fully saturated rings. The number of benzene rings is 1. The molecule has 5 nitrogen and oxygen atoms in total. The van der Waals surface area contributed by atoms with Gasteiger partial charge in [-0.2, -0.15) is 0 Å². The maximum atomic E-state index is 11.7. The SMILES string of the molecule is CCCCCCCCCC1(C)CCc2c(C)c(OC(CCCC)CP(=O)(O)O)c(C)c(C)c2O1. The summed E-state index contributed by atoms with van der Waals surface area (Å²) in [5.74, 6) is 1.78. The van der Waals surface area contributed by atoms with Gasteiger partial charge in [0.2, 0.25) is 0 Å². The molecule has 0 radical (unpaired) electrons. The molecule has 1 heterocycles. The summed E-state index contributed by atoms with van der Waals surface area (Å²) in [5, 5.41) is 0. The van der Waals surface area contributed by atoms with Gasteiger partial charge >= 0.3 is 7.60 Å². The lowest BCUT2D eigenvalue weighted by molar-refractivity contribution is 0.0519. The fourth-order valence-electron chi connectivity index (χ4n) is 5.14. The Morgan fingerprint density at radius 2 is 1.56 bits per heavy atom. The predicted molar refractivity (Wildman–Crippen MR) is 141 cm³/mol. The zero-order chi connectivity index (χ0) is 25.4. The second kappa shape index (κ2) is 13.3. The summed E-state index contributed by atoms with van der Waals surface area (Å²) in [6, 6.07) is 0. The van der Waals surface area contributed by atoms with E-state index in [-0.39, 0.29) is 11.8 Å². The first-order valence-corrected chi connectivity index (χ1v) is 15.3. The Hall–Kier alpha value is -1.03. The molecule has 6 heteroatoms. The van der Waals surface area contributed by atoms with Crippen molar-refractivity contribution >= 4 is 7.60 Å². The monoisotopic (exact) mass is 496 g/mol. The third-order valence-electron chi connectivity index (χ3n) is 7.48. The van der Waals surface area contributed by atoms with Crippen molar-refractivity contribution in [3.8, 4) is 11.5 Å². The third-order valence-corrected chi connectivity index (χ3v) is 8.36. The molecule has 2 unspecified atom stereocenters. The second-order valence-electron chi connectivity index (χ2n) is 10.7. The van der Waals surface area contributed by atoms with Crippen LogP contribution in [0.5, 0.6) is 11.5 Å². The molecule has 0 saturated carbocycles. The lowest BCUT2D eigenvalue weighted by Gasteiger charge is -2.38. The van der Waals surface area contributed by atoms with E-state index in [1.165, 1.54) is 50.5 Å². The number of rotatable bonds is 15. The van der Waals surface area contributed by atoms with Crippen LogP contribution < -0.4 is 9.47 Å². The molecule has 0 saturated heterocycles. The Kier molecular flexibility index (Phi) is 11.4. The molecule has 0 bridgehead atoms. The lowest BCUT2D eigenvalue weighted by atomic mass is 9.84. The molecule has 0 spiro atoms. The first-order chi connectivity index (χ1) is 16.0. The van der Waals surface area contributed by atoms with E-state index < -0.39 is 13.7 Å². The van der Waals surface area contributed by atoms with Crippen LogP contribution in [0.3, 0.4) is 0 Å². The van der Waals surface area contributed by atoms with Gasteiger partial charge < -0.3 is 19.3 Å². The van der Waals surface area contributed by atoms with Crippen molar-refractivity contribution in [2.24, 2.45) is 0 Å². The van der Waals surface area contributed by atoms with Gasteiger partial charge in [-0.1, -0.05) is 65.2 Å². The molecule has 1 aromatic carbocycles. The first-order valence-electron chi connectivity index (χ1n) is 13.5. The lowest BCUT2D eigenvalue weighted by Crippen LogP contribution is -2.37. The summed E-state index contributed by atoms with van der Waals surface area (Å²) in [6.45, 7) is 12.8. The maximum Gasteiger partial charge on any atom is 0.329 e. The minimum atomic E-state index is -4.15. The van der Waals surface area contributed by atoms with Crippen molar-refractivity contribution in [1.82, 2.24) is 0 Å². The molecule has 2 N–H and O–H groups in total. The molecule has 1 aliphatic rings. The molecule has 0 amide bonds. The van der Waals surface area contributed by atoms with E-state index in [1.807, 2.05) is 6.92 Å². The Morgan fingerprint density at radius 1 is 0.941 bits per heavy atom. The van der Waals surface area contributed by atoms with Crippen LogP contribution >= 0.6 is 7.60 Å². The van der Waals surface area contributed by atoms with E-state index >= 15 is 0 Å². The number of fused-ring (bicyclic) bond motifs is 1. The number of unbranched alkanes of at least 4 members (excludes halogenated alkanes) is 7. The summed E-state index contributed by atoms with van der Waals surface area (Å²) in [6.07, 6.45) is 13.9. The second-order valence-corrected chi connectivity index (χ2v) is 12.4. The number of hydrogen-bond donors (Lipinski definition) is 2. The average molecular weight is 497 g/mol. The predicted octanol–water partition coefficient (Wildman–Crippen LogP) is 7.95. The van der Waals surface area contributed by atoms with E-state index in [0.717, 1.165) is 60.3 Å². The molecule has 0 aliphatic carbocycles. The largest absolute Gasteiger partial charge is 0.489 e. The van der Waals surface area contributed by atoms with Crippen molar-refractivity contribution in [2.45, 2.75) is 137 Å². The molecular formula is C28H49O5P. The van der Waals surface area contributed by atoms with Gasteiger partial charge in [-0.3, -0.25) is 4.57 Å². The first kappa shape index (κ1) is 29.2. The minimum absolute atomic E-state index is 0.132. The van der Waals surface area contributed by atoms with Crippen LogP contribution in [-0.2, 0) is 11.0 Å². The van der Waals surface area contributed by atoms with E-state index in [0.29, 0.717) is 6.42 Å². The van der Waals surface area contributed by atoms with Crippen LogP contribution in [0.25, 0.3) is 0 Å². The Bertz CT molecular complexity index is 831. The Labute approximate surface area is 208 Å². The summed E-state index contributed by atoms with van der Waals surface area (Å²) in [5.41, 5.74) is 4.23. The standard InChI is InChI=1S/C28H49O5P/c1-7-9-11-12-13-14-15-18-28(6)19-17-25-23(5)26(21(3)22(4)27(25)33-28)32-24(16-10-8-2)20-34(29,30)31/h24H,7-20H2,1-6H3,(H2,29,30,31). The number of hydrogen-bond acceptors (Lipinski definition) is 3. The topological polar surface area (TPSA) is 76.0 Å². The Morgan fingerprint density at radius 3 is 2.18 bits per heavy atom. The highest BCUT2D eigenvalue weighted by Crippen LogP contribution is 2.46. The fourth-order valence-corrected chi connectivity index (χ4v) is 5.93. The molecule has 2 rings (SSSR count). The highest BCUT2D eigenvalue weighted by molar-refractivity contribution is 7.51. The molecule has 34 heavy (non-hydrogen) atoms. The van der Waals surface area contributed by atoms with Gasteiger partial charge in [0.1, 0.15) is 23.2 Å². The maximum absolute atomic E-state index is 11.7. The van der Waals surface area contributed by atoms with Gasteiger partial charge in [0, 0.05) is 5.56 Å². The molecule has 1 aromatic rings. The van der Waals surface area contributed by atoms with Gasteiger partial charge in [-0.05, 0) is 76.5 Å². The summed E-state index contributed by atoms with van der Waals surface area (Å²) in [7, 11) is -4.15. The van der Waals surface area contributed by atoms with Crippen LogP contribution in [0, 0.1) is 20.8 Å². The van der Waals surface area contributed by atoms with Crippen molar-refractivity contribution < 1.29 is 23.8 Å². The summed E-state index contributed by atoms with van der Waals surface area (Å²) in [4.78, 5) is 19.1. The van der Waals surface area contributed by atoms with Crippen LogP contribution in [-0.4, -0.2) is 27.7 Å². The highest BCUT2D eigenvalue weighted by Gasteiger charge is 2.35. The van der Waals surface area contributed by atoms with Crippen LogP contribution in [0.1, 0.15) is 120 Å². The van der Waals surface area contributed by atoms with Gasteiger partial charge in [0.25, 0.3) is 0 Å². The molecule has 1 aliphatic heterocycles. The van der Waals surface area contributed by atoms with Gasteiger partial charge in [-0.15, -0.1) is 0 Å². The summed E-state index contributed by atoms with van der Waals surface area (Å²) >= 11 is 0. The quantitative estimate of drug-likeness (QED) is 0.190. The Balaban J connectivity index is 2.13. The molecule has 2 atom stereocenters. The zero-order valence-corrected chi connectivity index (χ0v) is 23.4. The fraction of sp³-hybridized carbons (Fsp3) is 0.786. The summed E-state index contributed by atoms with van der Waals surface area (Å²) < 4.78 is 24.7. The van der Waals surface area contributed by atoms with Crippen molar-refractivity contribution in [3.63, 3.8) is 0 Å². The van der Waals surface area contributed by atoms with E-state index in [1.54, 1.807) is 0 Å². The van der Waals surface area contributed by atoms with Crippen LogP contribution in [0.15, 0.2) is 0 Å². The van der Waals surface area contributed by atoms with Crippen molar-refractivity contribution in [3.05, 3.63) is 22.3 Å². The molecular weight excluding hydrogens is 447 g/mol. The minimum Gasteiger partial charge on any atom is -0.489 e. The van der Waals surface area contributed by atoms with Gasteiger partial charge in [0.05, 0.1) is 6.16 Å². The van der Waals surface area contributed by atoms with Crippen molar-refractivity contribution in [2.75, 3.05) is 6.16 Å². The van der Waals surface area contributed by atoms with E-state index in [2.05, 4.69) is 34.6 Å². The molecule has 0 aromatic heterocycles. The number of ether oxygens (including phenoxy) is 2. The third kappa shape index (κ3) is 8.57. The van der Waals surface area contributed by atoms with Crippen LogP contribution in [0.4, 0.5) is 0 Å². The zero-order valence-electron chi connectivity index (χ0n) is 22.5. The van der Waals surface area contributed by atoms with Gasteiger partial charge in [-0.25, -0.2) is 0 Å².